The Bertz CT molecular complexity index is 721. The van der Waals surface area contributed by atoms with E-state index in [2.05, 4.69) is 5.10 Å². The average Bonchev–Trinajstić information content (AvgIpc) is 3.05. The first-order chi connectivity index (χ1) is 11.6. The monoisotopic (exact) mass is 331 g/mol. The second-order valence-electron chi connectivity index (χ2n) is 6.25. The number of aliphatic hydroxyl groups is 1. The fourth-order valence-corrected chi connectivity index (χ4v) is 3.32. The third-order valence-corrected chi connectivity index (χ3v) is 4.61. The Morgan fingerprint density at radius 3 is 2.79 bits per heavy atom. The number of aromatic nitrogens is 2. The number of carbonyl (C=O) groups excluding carboxylic acids is 1. The van der Waals surface area contributed by atoms with Crippen LogP contribution in [0.2, 0.25) is 0 Å². The van der Waals surface area contributed by atoms with Gasteiger partial charge in [-0.15, -0.1) is 0 Å². The molecule has 3 rings (SSSR count). The van der Waals surface area contributed by atoms with Gasteiger partial charge in [-0.2, -0.15) is 5.10 Å². The molecule has 1 aromatic carbocycles. The van der Waals surface area contributed by atoms with Crippen molar-refractivity contribution in [2.24, 2.45) is 0 Å². The third kappa shape index (κ3) is 3.33. The summed E-state index contributed by atoms with van der Waals surface area (Å²) in [7, 11) is 0. The topological polar surface area (TPSA) is 58.4 Å². The molecule has 1 aliphatic rings. The second kappa shape index (κ2) is 7.13. The first-order valence-electron chi connectivity index (χ1n) is 8.28. The van der Waals surface area contributed by atoms with Crippen molar-refractivity contribution in [1.82, 2.24) is 14.7 Å². The van der Waals surface area contributed by atoms with E-state index in [9.17, 15) is 9.18 Å². The van der Waals surface area contributed by atoms with Gasteiger partial charge in [-0.05, 0) is 38.0 Å². The number of nitrogens with zero attached hydrogens (tertiary/aromatic N) is 3. The van der Waals surface area contributed by atoms with Gasteiger partial charge in [-0.25, -0.2) is 4.39 Å². The SMILES string of the molecule is Cc1ccc(F)c(C(=O)N2CCC(c3ccnn3CCO)CC2)c1. The number of rotatable bonds is 4. The van der Waals surface area contributed by atoms with Crippen LogP contribution in [-0.2, 0) is 6.54 Å². The highest BCUT2D eigenvalue weighted by atomic mass is 19.1. The Hall–Kier alpha value is -2.21. The lowest BCUT2D eigenvalue weighted by molar-refractivity contribution is 0.0706. The molecule has 1 aliphatic heterocycles. The molecule has 0 unspecified atom stereocenters. The van der Waals surface area contributed by atoms with Gasteiger partial charge < -0.3 is 10.0 Å². The third-order valence-electron chi connectivity index (χ3n) is 4.61. The molecule has 0 atom stereocenters. The highest BCUT2D eigenvalue weighted by Gasteiger charge is 2.27. The summed E-state index contributed by atoms with van der Waals surface area (Å²) in [4.78, 5) is 14.3. The lowest BCUT2D eigenvalue weighted by Crippen LogP contribution is -2.38. The van der Waals surface area contributed by atoms with Crippen molar-refractivity contribution in [1.29, 1.82) is 0 Å². The maximum Gasteiger partial charge on any atom is 0.256 e. The molecule has 2 aromatic rings. The first kappa shape index (κ1) is 16.6. The number of piperidine rings is 1. The van der Waals surface area contributed by atoms with Gasteiger partial charge in [0.2, 0.25) is 0 Å². The molecule has 128 valence electrons. The lowest BCUT2D eigenvalue weighted by atomic mass is 9.93. The molecule has 6 heteroatoms. The van der Waals surface area contributed by atoms with Crippen molar-refractivity contribution in [2.45, 2.75) is 32.2 Å². The minimum atomic E-state index is -0.464. The minimum Gasteiger partial charge on any atom is -0.394 e. The van der Waals surface area contributed by atoms with Crippen LogP contribution in [0.5, 0.6) is 0 Å². The predicted molar refractivity (Wildman–Crippen MR) is 88.3 cm³/mol. The van der Waals surface area contributed by atoms with Crippen LogP contribution in [0.1, 0.15) is 40.4 Å². The summed E-state index contributed by atoms with van der Waals surface area (Å²) in [6.45, 7) is 3.59. The standard InChI is InChI=1S/C18H22FN3O2/c1-13-2-3-16(19)15(12-13)18(24)21-8-5-14(6-9-21)17-4-7-20-22(17)10-11-23/h2-4,7,12,14,23H,5-6,8-11H2,1H3. The van der Waals surface area contributed by atoms with Gasteiger partial charge in [0.05, 0.1) is 18.7 Å². The van der Waals surface area contributed by atoms with Crippen LogP contribution in [0, 0.1) is 12.7 Å². The van der Waals surface area contributed by atoms with E-state index in [0.717, 1.165) is 24.1 Å². The number of hydrogen-bond donors (Lipinski definition) is 1. The summed E-state index contributed by atoms with van der Waals surface area (Å²) in [6, 6.07) is 6.60. The van der Waals surface area contributed by atoms with E-state index in [1.165, 1.54) is 6.07 Å². The second-order valence-corrected chi connectivity index (χ2v) is 6.25. The van der Waals surface area contributed by atoms with E-state index in [1.54, 1.807) is 23.2 Å². The van der Waals surface area contributed by atoms with Gasteiger partial charge in [-0.3, -0.25) is 9.48 Å². The average molecular weight is 331 g/mol. The molecular weight excluding hydrogens is 309 g/mol. The summed E-state index contributed by atoms with van der Waals surface area (Å²) in [5, 5.41) is 13.3. The van der Waals surface area contributed by atoms with E-state index in [1.807, 2.05) is 17.7 Å². The van der Waals surface area contributed by atoms with Crippen molar-refractivity contribution in [3.8, 4) is 0 Å². The number of halogens is 1. The number of aryl methyl sites for hydroxylation is 1. The summed E-state index contributed by atoms with van der Waals surface area (Å²) >= 11 is 0. The van der Waals surface area contributed by atoms with Crippen molar-refractivity contribution >= 4 is 5.91 Å². The quantitative estimate of drug-likeness (QED) is 0.935. The number of amides is 1. The number of benzene rings is 1. The largest absolute Gasteiger partial charge is 0.394 e. The molecule has 1 N–H and O–H groups in total. The molecule has 0 bridgehead atoms. The molecule has 0 radical (unpaired) electrons. The number of likely N-dealkylation sites (tertiary alicyclic amines) is 1. The number of hydrogen-bond acceptors (Lipinski definition) is 3. The fraction of sp³-hybridized carbons (Fsp3) is 0.444. The zero-order valence-corrected chi connectivity index (χ0v) is 13.8. The van der Waals surface area contributed by atoms with E-state index < -0.39 is 5.82 Å². The van der Waals surface area contributed by atoms with Crippen LogP contribution in [0.25, 0.3) is 0 Å². The Morgan fingerprint density at radius 1 is 1.33 bits per heavy atom. The molecular formula is C18H22FN3O2. The van der Waals surface area contributed by atoms with Crippen LogP contribution in [0.15, 0.2) is 30.5 Å². The minimum absolute atomic E-state index is 0.0542. The zero-order valence-electron chi connectivity index (χ0n) is 13.8. The summed E-state index contributed by atoms with van der Waals surface area (Å²) in [6.07, 6.45) is 3.37. The summed E-state index contributed by atoms with van der Waals surface area (Å²) in [5.74, 6) is -0.391. The highest BCUT2D eigenvalue weighted by Crippen LogP contribution is 2.28. The van der Waals surface area contributed by atoms with Crippen molar-refractivity contribution in [2.75, 3.05) is 19.7 Å². The summed E-state index contributed by atoms with van der Waals surface area (Å²) < 4.78 is 15.8. The van der Waals surface area contributed by atoms with Crippen LogP contribution >= 0.6 is 0 Å². The maximum absolute atomic E-state index is 13.9. The molecule has 5 nitrogen and oxygen atoms in total. The Morgan fingerprint density at radius 2 is 2.08 bits per heavy atom. The molecule has 0 aliphatic carbocycles. The van der Waals surface area contributed by atoms with Crippen molar-refractivity contribution in [3.05, 3.63) is 53.1 Å². The number of carbonyl (C=O) groups is 1. The highest BCUT2D eigenvalue weighted by molar-refractivity contribution is 5.94. The normalized spacial score (nSPS) is 15.7. The number of aliphatic hydroxyl groups excluding tert-OH is 1. The van der Waals surface area contributed by atoms with Crippen LogP contribution in [-0.4, -0.2) is 45.4 Å². The van der Waals surface area contributed by atoms with Gasteiger partial charge in [0.1, 0.15) is 5.82 Å². The van der Waals surface area contributed by atoms with Gasteiger partial charge in [-0.1, -0.05) is 11.6 Å². The predicted octanol–water partition coefficient (Wildman–Crippen LogP) is 2.34. The molecule has 0 spiro atoms. The van der Waals surface area contributed by atoms with E-state index in [0.29, 0.717) is 25.6 Å². The van der Waals surface area contributed by atoms with Gasteiger partial charge in [0, 0.05) is 30.9 Å². The molecule has 1 amide bonds. The molecule has 1 aromatic heterocycles. The van der Waals surface area contributed by atoms with Crippen molar-refractivity contribution < 1.29 is 14.3 Å². The van der Waals surface area contributed by atoms with Crippen LogP contribution < -0.4 is 0 Å². The van der Waals surface area contributed by atoms with Gasteiger partial charge >= 0.3 is 0 Å². The first-order valence-corrected chi connectivity index (χ1v) is 8.28. The molecule has 1 saturated heterocycles. The summed E-state index contributed by atoms with van der Waals surface area (Å²) in [5.41, 5.74) is 2.12. The van der Waals surface area contributed by atoms with E-state index in [-0.39, 0.29) is 18.1 Å². The lowest BCUT2D eigenvalue weighted by Gasteiger charge is -2.32. The fourth-order valence-electron chi connectivity index (χ4n) is 3.32. The Labute approximate surface area is 140 Å². The Balaban J connectivity index is 1.67. The van der Waals surface area contributed by atoms with Crippen LogP contribution in [0.3, 0.4) is 0 Å². The smallest absolute Gasteiger partial charge is 0.256 e. The molecule has 1 fully saturated rings. The Kier molecular flexibility index (Phi) is 4.94. The van der Waals surface area contributed by atoms with Gasteiger partial charge in [0.25, 0.3) is 5.91 Å². The zero-order chi connectivity index (χ0) is 17.1. The van der Waals surface area contributed by atoms with Crippen LogP contribution in [0.4, 0.5) is 4.39 Å². The van der Waals surface area contributed by atoms with Crippen molar-refractivity contribution in [3.63, 3.8) is 0 Å². The maximum atomic E-state index is 13.9. The molecule has 2 heterocycles. The molecule has 24 heavy (non-hydrogen) atoms. The molecule has 0 saturated carbocycles. The van der Waals surface area contributed by atoms with E-state index in [4.69, 9.17) is 5.11 Å². The van der Waals surface area contributed by atoms with Gasteiger partial charge in [0.15, 0.2) is 0 Å². The van der Waals surface area contributed by atoms with E-state index >= 15 is 0 Å².